The molecule has 8 heteroatoms. The molecule has 0 aliphatic heterocycles. The lowest BCUT2D eigenvalue weighted by Crippen LogP contribution is -2.14. The minimum absolute atomic E-state index is 0.0470. The van der Waals surface area contributed by atoms with Crippen LogP contribution in [0.15, 0.2) is 40.9 Å². The summed E-state index contributed by atoms with van der Waals surface area (Å²) < 4.78 is 19.5. The molecule has 5 rings (SSSR count). The smallest absolute Gasteiger partial charge is 0.254 e. The minimum atomic E-state index is -0.735. The summed E-state index contributed by atoms with van der Waals surface area (Å²) in [6.45, 7) is 1.93. The summed E-state index contributed by atoms with van der Waals surface area (Å²) in [7, 11) is 0. The van der Waals surface area contributed by atoms with Crippen LogP contribution in [0.1, 0.15) is 15.9 Å². The number of aryl methyl sites for hydroxylation is 1. The number of primary amides is 1. The summed E-state index contributed by atoms with van der Waals surface area (Å²) >= 11 is 0. The molecule has 0 aliphatic rings. The Kier molecular flexibility index (Phi) is 3.21. The monoisotopic (exact) mass is 375 g/mol. The number of pyridine rings is 1. The van der Waals surface area contributed by atoms with Gasteiger partial charge in [0.2, 0.25) is 5.95 Å². The van der Waals surface area contributed by atoms with E-state index in [2.05, 4.69) is 15.2 Å². The number of nitrogen functional groups attached to an aromatic ring is 1. The van der Waals surface area contributed by atoms with Gasteiger partial charge in [-0.15, -0.1) is 0 Å². The second-order valence-electron chi connectivity index (χ2n) is 6.63. The van der Waals surface area contributed by atoms with E-state index >= 15 is 0 Å². The Bertz CT molecular complexity index is 1430. The summed E-state index contributed by atoms with van der Waals surface area (Å²) in [6, 6.07) is 8.24. The van der Waals surface area contributed by atoms with E-state index in [0.717, 1.165) is 22.0 Å². The van der Waals surface area contributed by atoms with Crippen molar-refractivity contribution in [3.05, 3.63) is 53.6 Å². The van der Waals surface area contributed by atoms with Crippen LogP contribution in [-0.4, -0.2) is 21.1 Å². The lowest BCUT2D eigenvalue weighted by Gasteiger charge is -2.13. The predicted molar refractivity (Wildman–Crippen MR) is 104 cm³/mol. The number of nitrogens with zero attached hydrogens (tertiary/aromatic N) is 2. The van der Waals surface area contributed by atoms with Crippen LogP contribution >= 0.6 is 0 Å². The molecule has 28 heavy (non-hydrogen) atoms. The van der Waals surface area contributed by atoms with Gasteiger partial charge < -0.3 is 15.9 Å². The van der Waals surface area contributed by atoms with Crippen molar-refractivity contribution in [2.24, 2.45) is 5.73 Å². The van der Waals surface area contributed by atoms with Crippen LogP contribution in [0.5, 0.6) is 0 Å². The van der Waals surface area contributed by atoms with Gasteiger partial charge in [0, 0.05) is 16.3 Å². The Morgan fingerprint density at radius 1 is 1.21 bits per heavy atom. The number of halogens is 1. The topological polar surface area (TPSA) is 124 Å². The zero-order valence-electron chi connectivity index (χ0n) is 14.7. The van der Waals surface area contributed by atoms with Crippen molar-refractivity contribution in [2.75, 3.05) is 5.73 Å². The van der Waals surface area contributed by atoms with Crippen LogP contribution in [-0.2, 0) is 0 Å². The van der Waals surface area contributed by atoms with Gasteiger partial charge in [-0.05, 0) is 42.3 Å². The molecule has 0 radical (unpaired) electrons. The van der Waals surface area contributed by atoms with Crippen molar-refractivity contribution in [3.63, 3.8) is 0 Å². The van der Waals surface area contributed by atoms with Crippen LogP contribution < -0.4 is 11.5 Å². The van der Waals surface area contributed by atoms with Crippen LogP contribution in [0.3, 0.4) is 0 Å². The number of carbonyl (C=O) groups excluding carboxylic acids is 1. The third kappa shape index (κ3) is 2.11. The van der Waals surface area contributed by atoms with Gasteiger partial charge in [-0.3, -0.25) is 9.89 Å². The largest absolute Gasteiger partial charge is 0.453 e. The Hall–Kier alpha value is -3.94. The molecule has 0 bridgehead atoms. The first-order valence-electron chi connectivity index (χ1n) is 8.50. The molecule has 0 unspecified atom stereocenters. The van der Waals surface area contributed by atoms with Gasteiger partial charge in [0.15, 0.2) is 11.2 Å². The number of amides is 1. The maximum Gasteiger partial charge on any atom is 0.254 e. The molecular weight excluding hydrogens is 361 g/mol. The highest BCUT2D eigenvalue weighted by Crippen LogP contribution is 2.42. The number of anilines is 1. The fourth-order valence-electron chi connectivity index (χ4n) is 3.70. The molecule has 0 spiro atoms. The number of carbonyl (C=O) groups is 1. The Balaban J connectivity index is 1.99. The van der Waals surface area contributed by atoms with Crippen molar-refractivity contribution < 1.29 is 13.6 Å². The van der Waals surface area contributed by atoms with Crippen molar-refractivity contribution in [2.45, 2.75) is 6.92 Å². The zero-order chi connectivity index (χ0) is 19.6. The maximum atomic E-state index is 13.8. The van der Waals surface area contributed by atoms with Crippen molar-refractivity contribution >= 4 is 44.6 Å². The van der Waals surface area contributed by atoms with Crippen LogP contribution in [0.25, 0.3) is 44.1 Å². The quantitative estimate of drug-likeness (QED) is 0.321. The fraction of sp³-hybridized carbons (Fsp3) is 0.0500. The Morgan fingerprint density at radius 2 is 2.04 bits per heavy atom. The molecule has 0 saturated heterocycles. The zero-order valence-corrected chi connectivity index (χ0v) is 14.7. The summed E-state index contributed by atoms with van der Waals surface area (Å²) in [5.74, 6) is -1.39. The molecular formula is C20H14FN5O2. The van der Waals surface area contributed by atoms with Gasteiger partial charge in [0.1, 0.15) is 11.1 Å². The maximum absolute atomic E-state index is 13.8. The van der Waals surface area contributed by atoms with Crippen molar-refractivity contribution in [1.29, 1.82) is 0 Å². The molecule has 7 nitrogen and oxygen atoms in total. The van der Waals surface area contributed by atoms with E-state index in [1.54, 1.807) is 12.3 Å². The minimum Gasteiger partial charge on any atom is -0.453 e. The van der Waals surface area contributed by atoms with Crippen LogP contribution in [0.4, 0.5) is 10.1 Å². The van der Waals surface area contributed by atoms with Gasteiger partial charge in [-0.1, -0.05) is 6.07 Å². The number of nitrogens with two attached hydrogens (primary N) is 2. The van der Waals surface area contributed by atoms with Crippen LogP contribution in [0, 0.1) is 12.9 Å². The number of hydrogen-bond acceptors (Lipinski definition) is 5. The SMILES string of the molecule is Cc1ccc2[nH]ncc2c1-c1cc2c(oc3ccc(F)nc32)c(C(N)=O)c1N. The van der Waals surface area contributed by atoms with E-state index in [9.17, 15) is 9.18 Å². The highest BCUT2D eigenvalue weighted by atomic mass is 19.1. The second-order valence-corrected chi connectivity index (χ2v) is 6.63. The molecule has 0 aliphatic carbocycles. The van der Waals surface area contributed by atoms with E-state index in [1.807, 2.05) is 19.1 Å². The summed E-state index contributed by atoms with van der Waals surface area (Å²) in [6.07, 6.45) is 1.69. The second kappa shape index (κ2) is 5.53. The molecule has 0 saturated carbocycles. The van der Waals surface area contributed by atoms with Crippen molar-refractivity contribution in [1.82, 2.24) is 15.2 Å². The summed E-state index contributed by atoms with van der Waals surface area (Å²) in [5.41, 5.74) is 16.2. The normalized spacial score (nSPS) is 11.6. The average molecular weight is 375 g/mol. The lowest BCUT2D eigenvalue weighted by atomic mass is 9.92. The molecule has 5 aromatic rings. The number of rotatable bonds is 2. The standard InChI is InChI=1S/C20H14FN5O2/c1-8-2-3-12-11(7-24-26-12)15(8)9-6-10-18-13(4-5-14(21)25-18)28-19(10)16(17(9)22)20(23)27/h2-7H,22H2,1H3,(H2,23,27)(H,24,26). The van der Waals surface area contributed by atoms with Crippen molar-refractivity contribution in [3.8, 4) is 11.1 Å². The first kappa shape index (κ1) is 16.2. The Labute approximate surface area is 157 Å². The Morgan fingerprint density at radius 3 is 2.82 bits per heavy atom. The molecule has 138 valence electrons. The average Bonchev–Trinajstić information content (AvgIpc) is 3.25. The van der Waals surface area contributed by atoms with Gasteiger partial charge >= 0.3 is 0 Å². The third-order valence-corrected chi connectivity index (χ3v) is 4.96. The molecule has 0 atom stereocenters. The number of aromatic nitrogens is 3. The van der Waals surface area contributed by atoms with E-state index < -0.39 is 11.9 Å². The summed E-state index contributed by atoms with van der Waals surface area (Å²) in [5, 5.41) is 8.32. The van der Waals surface area contributed by atoms with E-state index in [-0.39, 0.29) is 16.8 Å². The van der Waals surface area contributed by atoms with E-state index in [0.29, 0.717) is 22.0 Å². The highest BCUT2D eigenvalue weighted by Gasteiger charge is 2.24. The molecule has 2 aromatic carbocycles. The highest BCUT2D eigenvalue weighted by molar-refractivity contribution is 6.18. The number of benzene rings is 2. The van der Waals surface area contributed by atoms with E-state index in [4.69, 9.17) is 15.9 Å². The molecule has 3 aromatic heterocycles. The van der Waals surface area contributed by atoms with Gasteiger partial charge in [0.05, 0.1) is 17.4 Å². The molecule has 3 heterocycles. The molecule has 1 amide bonds. The summed E-state index contributed by atoms with van der Waals surface area (Å²) in [4.78, 5) is 16.2. The number of furan rings is 1. The third-order valence-electron chi connectivity index (χ3n) is 4.96. The molecule has 5 N–H and O–H groups in total. The first-order valence-corrected chi connectivity index (χ1v) is 8.50. The van der Waals surface area contributed by atoms with Gasteiger partial charge in [0.25, 0.3) is 5.91 Å². The number of fused-ring (bicyclic) bond motifs is 4. The number of hydrogen-bond donors (Lipinski definition) is 3. The van der Waals surface area contributed by atoms with E-state index in [1.165, 1.54) is 12.1 Å². The molecule has 0 fully saturated rings. The first-order chi connectivity index (χ1) is 13.5. The number of aromatic amines is 1. The van der Waals surface area contributed by atoms with Crippen LogP contribution in [0.2, 0.25) is 0 Å². The predicted octanol–water partition coefficient (Wildman–Crippen LogP) is 3.65. The van der Waals surface area contributed by atoms with Gasteiger partial charge in [-0.2, -0.15) is 9.49 Å². The lowest BCUT2D eigenvalue weighted by molar-refractivity contribution is 0.100. The number of nitrogens with one attached hydrogen (secondary N) is 1. The van der Waals surface area contributed by atoms with Gasteiger partial charge in [-0.25, -0.2) is 4.98 Å². The number of H-pyrrole nitrogens is 1. The fourth-order valence-corrected chi connectivity index (χ4v) is 3.70.